The second kappa shape index (κ2) is 10.7. The minimum absolute atomic E-state index is 0.0294. The summed E-state index contributed by atoms with van der Waals surface area (Å²) in [7, 11) is 2.96. The maximum absolute atomic E-state index is 13.0. The number of aromatic nitrogens is 3. The van der Waals surface area contributed by atoms with E-state index in [1.54, 1.807) is 19.4 Å². The smallest absolute Gasteiger partial charge is 0.322 e. The predicted molar refractivity (Wildman–Crippen MR) is 141 cm³/mol. The Labute approximate surface area is 229 Å². The molecule has 0 saturated carbocycles. The molecular formula is C20H26N10O5S3. The molecule has 2 saturated heterocycles. The van der Waals surface area contributed by atoms with Crippen LogP contribution in [-0.2, 0) is 19.2 Å². The van der Waals surface area contributed by atoms with Crippen molar-refractivity contribution < 1.29 is 29.0 Å². The van der Waals surface area contributed by atoms with Crippen molar-refractivity contribution in [3.8, 4) is 0 Å². The zero-order chi connectivity index (χ0) is 27.8. The van der Waals surface area contributed by atoms with Gasteiger partial charge in [-0.05, 0) is 18.7 Å². The van der Waals surface area contributed by atoms with Crippen molar-refractivity contribution >= 4 is 75.1 Å². The van der Waals surface area contributed by atoms with Crippen LogP contribution in [0, 0.1) is 12.3 Å². The van der Waals surface area contributed by atoms with Crippen LogP contribution < -0.4 is 37.7 Å². The number of oxime groups is 1. The van der Waals surface area contributed by atoms with Gasteiger partial charge in [0.1, 0.15) is 24.2 Å². The van der Waals surface area contributed by atoms with Crippen molar-refractivity contribution in [3.05, 3.63) is 16.6 Å². The van der Waals surface area contributed by atoms with Crippen LogP contribution in [0.5, 0.6) is 0 Å². The van der Waals surface area contributed by atoms with Crippen LogP contribution in [0.2, 0.25) is 0 Å². The first-order valence-corrected chi connectivity index (χ1v) is 14.0. The summed E-state index contributed by atoms with van der Waals surface area (Å²) < 4.78 is 1.30. The number of nitrogens with zero attached hydrogens (tertiary/aromatic N) is 5. The normalized spacial score (nSPS) is 22.9. The fourth-order valence-electron chi connectivity index (χ4n) is 4.05. The van der Waals surface area contributed by atoms with Crippen LogP contribution >= 0.6 is 34.9 Å². The third-order valence-electron chi connectivity index (χ3n) is 6.14. The molecule has 0 spiro atoms. The van der Waals surface area contributed by atoms with E-state index < -0.39 is 34.6 Å². The Bertz CT molecular complexity index is 1320. The molecule has 8 N–H and O–H groups in total. The topological polar surface area (TPSA) is 231 Å². The number of nitrogens with two attached hydrogens (primary N) is 3. The van der Waals surface area contributed by atoms with Gasteiger partial charge in [0.15, 0.2) is 10.8 Å². The van der Waals surface area contributed by atoms with Crippen LogP contribution in [0.25, 0.3) is 0 Å². The molecule has 2 fully saturated rings. The molecule has 2 amide bonds. The molecule has 2 aromatic rings. The van der Waals surface area contributed by atoms with E-state index in [9.17, 15) is 19.5 Å². The van der Waals surface area contributed by atoms with Crippen molar-refractivity contribution in [1.82, 2.24) is 20.2 Å². The highest BCUT2D eigenvalue weighted by Crippen LogP contribution is 2.44. The highest BCUT2D eigenvalue weighted by molar-refractivity contribution is 8.00. The summed E-state index contributed by atoms with van der Waals surface area (Å²) in [4.78, 5) is 52.6. The summed E-state index contributed by atoms with van der Waals surface area (Å²) in [5, 5.41) is 23.2. The number of nitrogen functional groups attached to an aromatic ring is 3. The first-order chi connectivity index (χ1) is 18.0. The number of fused-ring (bicyclic) bond motifs is 1. The number of anilines is 3. The zero-order valence-corrected chi connectivity index (χ0v) is 23.0. The number of hydrogen-bond donors (Lipinski definition) is 5. The summed E-state index contributed by atoms with van der Waals surface area (Å²) in [5.74, 6) is 4.71. The van der Waals surface area contributed by atoms with E-state index in [-0.39, 0.29) is 40.4 Å². The van der Waals surface area contributed by atoms with Gasteiger partial charge in [0, 0.05) is 35.9 Å². The number of aliphatic carboxylic acids is 1. The molecule has 4 heterocycles. The van der Waals surface area contributed by atoms with Gasteiger partial charge in [-0.1, -0.05) is 10.1 Å². The fourth-order valence-corrected chi connectivity index (χ4v) is 7.37. The van der Waals surface area contributed by atoms with Crippen molar-refractivity contribution in [3.63, 3.8) is 0 Å². The number of carbonyl (C=O) groups excluding carboxylic acids is 3. The molecule has 15 nitrogen and oxygen atoms in total. The quantitative estimate of drug-likeness (QED) is 0.0387. The van der Waals surface area contributed by atoms with E-state index in [2.05, 4.69) is 25.8 Å². The van der Waals surface area contributed by atoms with Crippen molar-refractivity contribution in [2.75, 3.05) is 54.8 Å². The standard InChI is InChI=1S/C20H26N10O5S3/c1-8-12(21)27-19(30(23)13(8)24-2)38-7-20(17(33)34)5-29-15(32)11(16(29)37-6-20)26-14(31)10(28-35-3)9-4-36-18(22)25-9/h4,11,16H,5-7,23H2,1-3H3,(H6,21,22,24,25,26,31,33,34)/t11?,16-,20?/m1/s1. The minimum atomic E-state index is -1.38. The van der Waals surface area contributed by atoms with Gasteiger partial charge in [-0.3, -0.25) is 15.4 Å². The summed E-state index contributed by atoms with van der Waals surface area (Å²) in [5.41, 5.74) is 11.0. The van der Waals surface area contributed by atoms with Gasteiger partial charge in [0.2, 0.25) is 11.7 Å². The Morgan fingerprint density at radius 3 is 2.76 bits per heavy atom. The van der Waals surface area contributed by atoms with Crippen LogP contribution in [0.1, 0.15) is 11.3 Å². The number of nitrogens with one attached hydrogen (secondary N) is 2. The molecule has 3 atom stereocenters. The van der Waals surface area contributed by atoms with E-state index in [0.717, 1.165) is 23.1 Å². The lowest BCUT2D eigenvalue weighted by Crippen LogP contribution is -2.75. The Morgan fingerprint density at radius 2 is 2.16 bits per heavy atom. The first kappa shape index (κ1) is 27.5. The van der Waals surface area contributed by atoms with Crippen LogP contribution in [0.15, 0.2) is 15.7 Å². The Morgan fingerprint density at radius 1 is 1.42 bits per heavy atom. The lowest BCUT2D eigenvalue weighted by molar-refractivity contribution is -0.668. The van der Waals surface area contributed by atoms with Crippen molar-refractivity contribution in [1.29, 1.82) is 0 Å². The van der Waals surface area contributed by atoms with Gasteiger partial charge in [-0.15, -0.1) is 27.8 Å². The number of carboxylic acid groups (broad SMARTS) is 1. The third-order valence-corrected chi connectivity index (χ3v) is 9.65. The van der Waals surface area contributed by atoms with E-state index in [4.69, 9.17) is 22.1 Å². The summed E-state index contributed by atoms with van der Waals surface area (Å²) in [6, 6.07) is -0.874. The Hall–Kier alpha value is -3.51. The number of hydrogen-bond acceptors (Lipinski definition) is 15. The molecule has 2 aromatic heterocycles. The molecule has 0 aromatic carbocycles. The average molecular weight is 583 g/mol. The number of rotatable bonds is 9. The molecule has 0 radical (unpaired) electrons. The second-order valence-corrected chi connectivity index (χ2v) is 11.5. The molecule has 0 aliphatic carbocycles. The molecule has 204 valence electrons. The van der Waals surface area contributed by atoms with Crippen molar-refractivity contribution in [2.24, 2.45) is 10.6 Å². The average Bonchev–Trinajstić information content (AvgIpc) is 3.32. The Balaban J connectivity index is 1.46. The van der Waals surface area contributed by atoms with E-state index >= 15 is 0 Å². The maximum Gasteiger partial charge on any atom is 0.322 e. The molecule has 38 heavy (non-hydrogen) atoms. The number of carbonyl (C=O) groups is 3. The number of amides is 2. The molecule has 2 aliphatic heterocycles. The van der Waals surface area contributed by atoms with E-state index in [0.29, 0.717) is 16.5 Å². The highest BCUT2D eigenvalue weighted by atomic mass is 32.2. The van der Waals surface area contributed by atoms with Gasteiger partial charge in [0.25, 0.3) is 11.7 Å². The largest absolute Gasteiger partial charge is 0.549 e. The zero-order valence-electron chi connectivity index (χ0n) is 20.6. The summed E-state index contributed by atoms with van der Waals surface area (Å²) in [6.07, 6.45) is 0. The van der Waals surface area contributed by atoms with E-state index in [1.807, 2.05) is 0 Å². The number of β-lactam (4-membered cyclic amide) rings is 1. The third kappa shape index (κ3) is 4.85. The first-order valence-electron chi connectivity index (χ1n) is 11.1. The molecule has 18 heteroatoms. The SMILES string of the molecule is CNc1c(C)c(N)nc(SCC2(C(=O)[O-])CS[C@@H]3C(NC(=O)C(=NOC)c4csc(N)n4)C(=O)N3C2)[n+]1N. The van der Waals surface area contributed by atoms with Gasteiger partial charge in [-0.2, -0.15) is 0 Å². The monoisotopic (exact) mass is 582 g/mol. The molecule has 2 aliphatic rings. The summed E-state index contributed by atoms with van der Waals surface area (Å²) >= 11 is 3.46. The number of thiazole rings is 1. The molecular weight excluding hydrogens is 556 g/mol. The summed E-state index contributed by atoms with van der Waals surface area (Å²) in [6.45, 7) is 1.66. The number of thioether (sulfide) groups is 2. The van der Waals surface area contributed by atoms with E-state index in [1.165, 1.54) is 28.4 Å². The highest BCUT2D eigenvalue weighted by Gasteiger charge is 2.56. The molecule has 4 rings (SSSR count). The minimum Gasteiger partial charge on any atom is -0.549 e. The Kier molecular flexibility index (Phi) is 7.75. The van der Waals surface area contributed by atoms with Gasteiger partial charge < -0.3 is 41.7 Å². The molecule has 0 bridgehead atoms. The lowest BCUT2D eigenvalue weighted by atomic mass is 9.89. The predicted octanol–water partition coefficient (Wildman–Crippen LogP) is -2.67. The van der Waals surface area contributed by atoms with Crippen molar-refractivity contribution in [2.45, 2.75) is 23.5 Å². The lowest BCUT2D eigenvalue weighted by Gasteiger charge is -2.55. The molecule has 2 unspecified atom stereocenters. The van der Waals surface area contributed by atoms with Gasteiger partial charge in [0.05, 0.1) is 11.5 Å². The van der Waals surface area contributed by atoms with Gasteiger partial charge >= 0.3 is 5.16 Å². The van der Waals surface area contributed by atoms with Gasteiger partial charge in [-0.25, -0.2) is 4.98 Å². The van der Waals surface area contributed by atoms with Crippen LogP contribution in [-0.4, -0.2) is 82.0 Å². The second-order valence-electron chi connectivity index (χ2n) is 8.54. The number of carboxylic acids is 1. The fraction of sp³-hybridized carbons (Fsp3) is 0.450. The maximum atomic E-state index is 13.0. The van der Waals surface area contributed by atoms with Crippen LogP contribution in [0.4, 0.5) is 16.8 Å². The van der Waals surface area contributed by atoms with Crippen LogP contribution in [0.3, 0.4) is 0 Å².